The molecule has 1 saturated heterocycles. The zero-order chi connectivity index (χ0) is 12.1. The first-order valence-electron chi connectivity index (χ1n) is 7.24. The molecule has 0 radical (unpaired) electrons. The van der Waals surface area contributed by atoms with E-state index in [1.165, 1.54) is 38.5 Å². The van der Waals surface area contributed by atoms with Crippen molar-refractivity contribution in [3.05, 3.63) is 0 Å². The molecule has 3 N–H and O–H groups in total. The smallest absolute Gasteiger partial charge is 0.0471 e. The Balaban J connectivity index is 1.67. The van der Waals surface area contributed by atoms with Gasteiger partial charge in [-0.3, -0.25) is 0 Å². The van der Waals surface area contributed by atoms with Gasteiger partial charge in [0.05, 0.1) is 0 Å². The third kappa shape index (κ3) is 3.94. The third-order valence-corrected chi connectivity index (χ3v) is 4.63. The Labute approximate surface area is 105 Å². The van der Waals surface area contributed by atoms with Crippen molar-refractivity contribution >= 4 is 0 Å². The first-order chi connectivity index (χ1) is 8.20. The van der Waals surface area contributed by atoms with Crippen LogP contribution in [0.1, 0.15) is 45.4 Å². The summed E-state index contributed by atoms with van der Waals surface area (Å²) >= 11 is 0. The Morgan fingerprint density at radius 1 is 1.24 bits per heavy atom. The minimum absolute atomic E-state index is 0.429. The maximum atomic E-state index is 6.17. The van der Waals surface area contributed by atoms with E-state index in [9.17, 15) is 0 Å². The molecule has 1 saturated carbocycles. The monoisotopic (exact) mass is 240 g/mol. The molecule has 0 aromatic heterocycles. The lowest BCUT2D eigenvalue weighted by Gasteiger charge is -2.35. The number of rotatable bonds is 4. The van der Waals surface area contributed by atoms with Crippen LogP contribution in [0.2, 0.25) is 0 Å². The number of ether oxygens (including phenoxy) is 1. The molecule has 2 aliphatic rings. The molecule has 0 bridgehead atoms. The van der Waals surface area contributed by atoms with Gasteiger partial charge in [-0.1, -0.05) is 19.8 Å². The van der Waals surface area contributed by atoms with Crippen molar-refractivity contribution in [3.63, 3.8) is 0 Å². The van der Waals surface area contributed by atoms with Gasteiger partial charge in [-0.15, -0.1) is 0 Å². The molecular weight excluding hydrogens is 212 g/mol. The largest absolute Gasteiger partial charge is 0.381 e. The van der Waals surface area contributed by atoms with Gasteiger partial charge in [-0.25, -0.2) is 0 Å². The Morgan fingerprint density at radius 2 is 1.94 bits per heavy atom. The van der Waals surface area contributed by atoms with Gasteiger partial charge < -0.3 is 15.8 Å². The average molecular weight is 240 g/mol. The highest BCUT2D eigenvalue weighted by Crippen LogP contribution is 2.29. The summed E-state index contributed by atoms with van der Waals surface area (Å²) in [4.78, 5) is 0. The summed E-state index contributed by atoms with van der Waals surface area (Å²) in [5, 5.41) is 3.66. The maximum absolute atomic E-state index is 6.17. The molecule has 0 aromatic rings. The van der Waals surface area contributed by atoms with E-state index in [1.54, 1.807) is 0 Å². The van der Waals surface area contributed by atoms with E-state index in [0.717, 1.165) is 26.3 Å². The van der Waals surface area contributed by atoms with Crippen LogP contribution in [0.25, 0.3) is 0 Å². The summed E-state index contributed by atoms with van der Waals surface area (Å²) in [6, 6.07) is 0.429. The second-order valence-corrected chi connectivity index (χ2v) is 6.26. The van der Waals surface area contributed by atoms with E-state index in [4.69, 9.17) is 10.5 Å². The molecule has 100 valence electrons. The molecule has 3 nitrogen and oxygen atoms in total. The summed E-state index contributed by atoms with van der Waals surface area (Å²) in [6.45, 7) is 6.47. The fraction of sp³-hybridized carbons (Fsp3) is 1.00. The van der Waals surface area contributed by atoms with Crippen molar-refractivity contribution in [2.75, 3.05) is 26.3 Å². The Morgan fingerprint density at radius 3 is 2.65 bits per heavy atom. The molecule has 2 rings (SSSR count). The molecule has 0 amide bonds. The van der Waals surface area contributed by atoms with Gasteiger partial charge in [0.2, 0.25) is 0 Å². The van der Waals surface area contributed by atoms with Crippen molar-refractivity contribution in [2.24, 2.45) is 17.1 Å². The van der Waals surface area contributed by atoms with Crippen LogP contribution >= 0.6 is 0 Å². The van der Waals surface area contributed by atoms with Crippen LogP contribution in [0, 0.1) is 11.3 Å². The van der Waals surface area contributed by atoms with Gasteiger partial charge in [0.15, 0.2) is 0 Å². The molecule has 2 atom stereocenters. The Hall–Kier alpha value is -0.120. The Bertz CT molecular complexity index is 226. The fourth-order valence-corrected chi connectivity index (χ4v) is 3.09. The first kappa shape index (κ1) is 13.3. The van der Waals surface area contributed by atoms with E-state index < -0.39 is 0 Å². The summed E-state index contributed by atoms with van der Waals surface area (Å²) in [6.07, 6.45) is 7.61. The minimum Gasteiger partial charge on any atom is -0.381 e. The standard InChI is InChI=1S/C14H28N2O/c1-14(6-8-17-9-7-14)11-16-10-12-4-2-3-5-13(12)15/h12-13,16H,2-11,15H2,1H3. The molecule has 3 heteroatoms. The zero-order valence-electron chi connectivity index (χ0n) is 11.2. The zero-order valence-corrected chi connectivity index (χ0v) is 11.2. The molecule has 0 spiro atoms. The summed E-state index contributed by atoms with van der Waals surface area (Å²) in [5.41, 5.74) is 6.61. The van der Waals surface area contributed by atoms with Crippen LogP contribution in [-0.2, 0) is 4.74 Å². The van der Waals surface area contributed by atoms with Crippen LogP contribution in [0.3, 0.4) is 0 Å². The van der Waals surface area contributed by atoms with Gasteiger partial charge in [0.25, 0.3) is 0 Å². The predicted molar refractivity (Wildman–Crippen MR) is 71.0 cm³/mol. The average Bonchev–Trinajstić information content (AvgIpc) is 2.32. The van der Waals surface area contributed by atoms with Crippen molar-refractivity contribution in [1.82, 2.24) is 5.32 Å². The highest BCUT2D eigenvalue weighted by atomic mass is 16.5. The van der Waals surface area contributed by atoms with E-state index in [2.05, 4.69) is 12.2 Å². The van der Waals surface area contributed by atoms with Gasteiger partial charge in [0, 0.05) is 25.8 Å². The highest BCUT2D eigenvalue weighted by molar-refractivity contribution is 4.83. The fourth-order valence-electron chi connectivity index (χ4n) is 3.09. The second-order valence-electron chi connectivity index (χ2n) is 6.26. The molecule has 2 fully saturated rings. The van der Waals surface area contributed by atoms with Crippen LogP contribution in [-0.4, -0.2) is 32.3 Å². The van der Waals surface area contributed by atoms with Crippen LogP contribution < -0.4 is 11.1 Å². The summed E-state index contributed by atoms with van der Waals surface area (Å²) in [7, 11) is 0. The van der Waals surface area contributed by atoms with Gasteiger partial charge in [0.1, 0.15) is 0 Å². The third-order valence-electron chi connectivity index (χ3n) is 4.63. The number of hydrogen-bond acceptors (Lipinski definition) is 3. The SMILES string of the molecule is CC1(CNCC2CCCCC2N)CCOCC1. The minimum atomic E-state index is 0.429. The van der Waals surface area contributed by atoms with E-state index in [-0.39, 0.29) is 0 Å². The quantitative estimate of drug-likeness (QED) is 0.789. The predicted octanol–water partition coefficient (Wildman–Crippen LogP) is 1.91. The van der Waals surface area contributed by atoms with Crippen molar-refractivity contribution in [3.8, 4) is 0 Å². The molecule has 2 unspecified atom stereocenters. The molecule has 1 aliphatic carbocycles. The topological polar surface area (TPSA) is 47.3 Å². The number of nitrogens with one attached hydrogen (secondary N) is 1. The lowest BCUT2D eigenvalue weighted by molar-refractivity contribution is 0.0235. The van der Waals surface area contributed by atoms with E-state index in [0.29, 0.717) is 17.4 Å². The van der Waals surface area contributed by atoms with Crippen LogP contribution in [0.15, 0.2) is 0 Å². The lowest BCUT2D eigenvalue weighted by atomic mass is 9.81. The molecule has 1 heterocycles. The first-order valence-corrected chi connectivity index (χ1v) is 7.24. The van der Waals surface area contributed by atoms with Gasteiger partial charge in [-0.2, -0.15) is 0 Å². The molecular formula is C14H28N2O. The normalized spacial score (nSPS) is 33.5. The van der Waals surface area contributed by atoms with Crippen molar-refractivity contribution in [2.45, 2.75) is 51.5 Å². The van der Waals surface area contributed by atoms with Crippen LogP contribution in [0.4, 0.5) is 0 Å². The van der Waals surface area contributed by atoms with E-state index in [1.807, 2.05) is 0 Å². The Kier molecular flexibility index (Phi) is 4.83. The number of hydrogen-bond donors (Lipinski definition) is 2. The number of nitrogens with two attached hydrogens (primary N) is 1. The van der Waals surface area contributed by atoms with Crippen molar-refractivity contribution in [1.29, 1.82) is 0 Å². The second kappa shape index (κ2) is 6.17. The lowest BCUT2D eigenvalue weighted by Crippen LogP contribution is -2.43. The van der Waals surface area contributed by atoms with Gasteiger partial charge in [-0.05, 0) is 43.6 Å². The van der Waals surface area contributed by atoms with Crippen molar-refractivity contribution < 1.29 is 4.74 Å². The van der Waals surface area contributed by atoms with Gasteiger partial charge >= 0.3 is 0 Å². The maximum Gasteiger partial charge on any atom is 0.0471 e. The summed E-state index contributed by atoms with van der Waals surface area (Å²) < 4.78 is 5.43. The van der Waals surface area contributed by atoms with Crippen LogP contribution in [0.5, 0.6) is 0 Å². The van der Waals surface area contributed by atoms with E-state index >= 15 is 0 Å². The highest BCUT2D eigenvalue weighted by Gasteiger charge is 2.28. The summed E-state index contributed by atoms with van der Waals surface area (Å²) in [5.74, 6) is 0.701. The molecule has 0 aromatic carbocycles. The molecule has 17 heavy (non-hydrogen) atoms. The molecule has 1 aliphatic heterocycles.